The number of carbonyl (C=O) groups is 2. The average Bonchev–Trinajstić information content (AvgIpc) is 3.09. The van der Waals surface area contributed by atoms with E-state index in [0.29, 0.717) is 34.3 Å². The summed E-state index contributed by atoms with van der Waals surface area (Å²) in [7, 11) is 0. The standard InChI is InChI=1S/C20H20Cl2N2O3S/c1-12(25)24-17(11-28-20(24)15-4-2-3-5-18(15)26)19(27)23-9-8-13-6-7-14(21)10-16(13)22/h2-7,10,17,20,26H,8-9,11H2,1H3,(H,23,27). The number of benzene rings is 2. The molecule has 148 valence electrons. The number of carbonyl (C=O) groups excluding carboxylic acids is 2. The van der Waals surface area contributed by atoms with E-state index in [2.05, 4.69) is 5.32 Å². The first-order chi connectivity index (χ1) is 13.4. The Bertz CT molecular complexity index is 894. The Morgan fingerprint density at radius 3 is 2.68 bits per heavy atom. The zero-order valence-electron chi connectivity index (χ0n) is 15.2. The van der Waals surface area contributed by atoms with Gasteiger partial charge in [0.1, 0.15) is 17.2 Å². The maximum atomic E-state index is 12.7. The van der Waals surface area contributed by atoms with Gasteiger partial charge in [0.05, 0.1) is 0 Å². The number of nitrogens with one attached hydrogen (secondary N) is 1. The fourth-order valence-corrected chi connectivity index (χ4v) is 5.21. The number of halogens is 2. The Labute approximate surface area is 178 Å². The molecule has 2 atom stereocenters. The summed E-state index contributed by atoms with van der Waals surface area (Å²) in [5.74, 6) is 0.154. The van der Waals surface area contributed by atoms with Crippen molar-refractivity contribution in [2.45, 2.75) is 24.8 Å². The number of nitrogens with zero attached hydrogens (tertiary/aromatic N) is 1. The molecule has 0 bridgehead atoms. The molecule has 1 aliphatic rings. The van der Waals surface area contributed by atoms with Gasteiger partial charge in [-0.05, 0) is 30.2 Å². The van der Waals surface area contributed by atoms with E-state index in [4.69, 9.17) is 23.2 Å². The molecule has 1 saturated heterocycles. The van der Waals surface area contributed by atoms with Crippen LogP contribution in [0.25, 0.3) is 0 Å². The quantitative estimate of drug-likeness (QED) is 0.739. The third-order valence-corrected chi connectivity index (χ3v) is 6.47. The van der Waals surface area contributed by atoms with Crippen LogP contribution >= 0.6 is 35.0 Å². The highest BCUT2D eigenvalue weighted by molar-refractivity contribution is 7.99. The molecular weight excluding hydrogens is 419 g/mol. The number of para-hydroxylation sites is 1. The zero-order chi connectivity index (χ0) is 20.3. The fraction of sp³-hybridized carbons (Fsp3) is 0.300. The molecule has 5 nitrogen and oxygen atoms in total. The zero-order valence-corrected chi connectivity index (χ0v) is 17.5. The van der Waals surface area contributed by atoms with E-state index < -0.39 is 6.04 Å². The lowest BCUT2D eigenvalue weighted by molar-refractivity contribution is -0.138. The molecule has 3 rings (SSSR count). The fourth-order valence-electron chi connectivity index (χ4n) is 3.19. The van der Waals surface area contributed by atoms with E-state index in [1.807, 2.05) is 6.07 Å². The van der Waals surface area contributed by atoms with Crippen LogP contribution in [0.4, 0.5) is 0 Å². The molecule has 2 aromatic rings. The van der Waals surface area contributed by atoms with Crippen LogP contribution < -0.4 is 5.32 Å². The van der Waals surface area contributed by atoms with Crippen LogP contribution in [-0.4, -0.2) is 40.2 Å². The predicted molar refractivity (Wildman–Crippen MR) is 113 cm³/mol. The summed E-state index contributed by atoms with van der Waals surface area (Å²) in [5.41, 5.74) is 1.52. The van der Waals surface area contributed by atoms with E-state index in [1.54, 1.807) is 36.4 Å². The molecule has 1 heterocycles. The monoisotopic (exact) mass is 438 g/mol. The lowest BCUT2D eigenvalue weighted by Gasteiger charge is -2.28. The first-order valence-electron chi connectivity index (χ1n) is 8.78. The smallest absolute Gasteiger partial charge is 0.243 e. The number of aromatic hydroxyl groups is 1. The molecule has 1 fully saturated rings. The highest BCUT2D eigenvalue weighted by Gasteiger charge is 2.41. The highest BCUT2D eigenvalue weighted by atomic mass is 35.5. The summed E-state index contributed by atoms with van der Waals surface area (Å²) < 4.78 is 0. The molecular formula is C20H20Cl2N2O3S. The highest BCUT2D eigenvalue weighted by Crippen LogP contribution is 2.44. The molecule has 2 aromatic carbocycles. The molecule has 2 amide bonds. The van der Waals surface area contributed by atoms with Gasteiger partial charge in [-0.2, -0.15) is 0 Å². The van der Waals surface area contributed by atoms with Crippen LogP contribution in [0.1, 0.15) is 23.4 Å². The van der Waals surface area contributed by atoms with Gasteiger partial charge in [0.25, 0.3) is 0 Å². The molecule has 0 saturated carbocycles. The SMILES string of the molecule is CC(=O)N1C(C(=O)NCCc2ccc(Cl)cc2Cl)CSC1c1ccccc1O. The topological polar surface area (TPSA) is 69.6 Å². The maximum Gasteiger partial charge on any atom is 0.243 e. The van der Waals surface area contributed by atoms with Crippen LogP contribution in [-0.2, 0) is 16.0 Å². The summed E-state index contributed by atoms with van der Waals surface area (Å²) in [6, 6.07) is 11.5. The van der Waals surface area contributed by atoms with Crippen LogP contribution in [0.2, 0.25) is 10.0 Å². The van der Waals surface area contributed by atoms with Crippen molar-refractivity contribution in [1.82, 2.24) is 10.2 Å². The van der Waals surface area contributed by atoms with Crippen molar-refractivity contribution in [3.63, 3.8) is 0 Å². The predicted octanol–water partition coefficient (Wildman–Crippen LogP) is 4.02. The van der Waals surface area contributed by atoms with Crippen LogP contribution in [0, 0.1) is 0 Å². The number of phenolic OH excluding ortho intramolecular Hbond substituents is 1. The largest absolute Gasteiger partial charge is 0.508 e. The Hall–Kier alpha value is -1.89. The molecule has 2 unspecified atom stereocenters. The molecule has 0 radical (unpaired) electrons. The van der Waals surface area contributed by atoms with Gasteiger partial charge in [0, 0.05) is 34.8 Å². The lowest BCUT2D eigenvalue weighted by atomic mass is 10.1. The molecule has 0 aliphatic carbocycles. The number of amides is 2. The number of rotatable bonds is 5. The van der Waals surface area contributed by atoms with E-state index in [0.717, 1.165) is 5.56 Å². The minimum atomic E-state index is -0.590. The van der Waals surface area contributed by atoms with Crippen molar-refractivity contribution in [2.24, 2.45) is 0 Å². The number of hydrogen-bond donors (Lipinski definition) is 2. The van der Waals surface area contributed by atoms with Gasteiger partial charge in [-0.3, -0.25) is 9.59 Å². The summed E-state index contributed by atoms with van der Waals surface area (Å²) in [6.07, 6.45) is 0.560. The van der Waals surface area contributed by atoms with Gasteiger partial charge < -0.3 is 15.3 Å². The third kappa shape index (κ3) is 4.57. The number of phenols is 1. The normalized spacial score (nSPS) is 18.9. The molecule has 8 heteroatoms. The Morgan fingerprint density at radius 2 is 2.00 bits per heavy atom. The van der Waals surface area contributed by atoms with E-state index in [9.17, 15) is 14.7 Å². The number of thioether (sulfide) groups is 1. The van der Waals surface area contributed by atoms with Gasteiger partial charge >= 0.3 is 0 Å². The molecule has 28 heavy (non-hydrogen) atoms. The number of hydrogen-bond acceptors (Lipinski definition) is 4. The van der Waals surface area contributed by atoms with Crippen LogP contribution in [0.3, 0.4) is 0 Å². The van der Waals surface area contributed by atoms with Crippen molar-refractivity contribution in [3.05, 3.63) is 63.6 Å². The average molecular weight is 439 g/mol. The van der Waals surface area contributed by atoms with Crippen molar-refractivity contribution >= 4 is 46.8 Å². The van der Waals surface area contributed by atoms with Crippen molar-refractivity contribution in [3.8, 4) is 5.75 Å². The second kappa shape index (κ2) is 9.07. The first-order valence-corrected chi connectivity index (χ1v) is 10.6. The molecule has 0 aromatic heterocycles. The Kier molecular flexibility index (Phi) is 6.75. The maximum absolute atomic E-state index is 12.7. The lowest BCUT2D eigenvalue weighted by Crippen LogP contribution is -2.47. The van der Waals surface area contributed by atoms with Crippen LogP contribution in [0.5, 0.6) is 5.75 Å². The Morgan fingerprint density at radius 1 is 1.25 bits per heavy atom. The van der Waals surface area contributed by atoms with Crippen molar-refractivity contribution in [2.75, 3.05) is 12.3 Å². The summed E-state index contributed by atoms with van der Waals surface area (Å²) in [5, 5.41) is 13.8. The van der Waals surface area contributed by atoms with Crippen molar-refractivity contribution in [1.29, 1.82) is 0 Å². The second-order valence-electron chi connectivity index (χ2n) is 6.46. The molecule has 0 spiro atoms. The van der Waals surface area contributed by atoms with Gasteiger partial charge in [-0.1, -0.05) is 47.5 Å². The van der Waals surface area contributed by atoms with Crippen molar-refractivity contribution < 1.29 is 14.7 Å². The van der Waals surface area contributed by atoms with E-state index >= 15 is 0 Å². The second-order valence-corrected chi connectivity index (χ2v) is 8.42. The van der Waals surface area contributed by atoms with Crippen LogP contribution in [0.15, 0.2) is 42.5 Å². The summed E-state index contributed by atoms with van der Waals surface area (Å²) in [6.45, 7) is 1.83. The summed E-state index contributed by atoms with van der Waals surface area (Å²) in [4.78, 5) is 26.5. The summed E-state index contributed by atoms with van der Waals surface area (Å²) >= 11 is 13.5. The molecule has 2 N–H and O–H groups in total. The van der Waals surface area contributed by atoms with Gasteiger partial charge in [0.15, 0.2) is 0 Å². The first kappa shape index (κ1) is 20.8. The Balaban J connectivity index is 1.66. The van der Waals surface area contributed by atoms with E-state index in [1.165, 1.54) is 23.6 Å². The minimum Gasteiger partial charge on any atom is -0.508 e. The van der Waals surface area contributed by atoms with E-state index in [-0.39, 0.29) is 22.9 Å². The van der Waals surface area contributed by atoms with Gasteiger partial charge in [0.2, 0.25) is 11.8 Å². The minimum absolute atomic E-state index is 0.115. The molecule has 1 aliphatic heterocycles. The third-order valence-electron chi connectivity index (χ3n) is 4.58. The van der Waals surface area contributed by atoms with Gasteiger partial charge in [-0.25, -0.2) is 0 Å². The van der Waals surface area contributed by atoms with Gasteiger partial charge in [-0.15, -0.1) is 11.8 Å².